The third-order valence-corrected chi connectivity index (χ3v) is 12.2. The number of hydrogen-bond acceptors (Lipinski definition) is 5. The number of benzene rings is 3. The van der Waals surface area contributed by atoms with Gasteiger partial charge in [0.25, 0.3) is 14.8 Å². The molecule has 0 aliphatic heterocycles. The summed E-state index contributed by atoms with van der Waals surface area (Å²) in [5, 5.41) is 2.07. The number of rotatable bonds is 9. The Labute approximate surface area is 220 Å². The minimum atomic E-state index is -2.88. The van der Waals surface area contributed by atoms with Crippen LogP contribution in [0.15, 0.2) is 103 Å². The second kappa shape index (κ2) is 11.3. The maximum atomic E-state index is 12.7. The van der Waals surface area contributed by atoms with Gasteiger partial charge in [-0.05, 0) is 33.1 Å². The highest BCUT2D eigenvalue weighted by molar-refractivity contribution is 6.99. The SMILES string of the molecule is C=C1[C@H](OC=O)C[C@H](O[Si](c2ccccc2)(c2ccccc2)C(C)(C)C)[C@H]1COC(=O)c1ccccc1. The van der Waals surface area contributed by atoms with Crippen molar-refractivity contribution < 1.29 is 23.5 Å². The third-order valence-electron chi connectivity index (χ3n) is 7.15. The molecule has 5 nitrogen and oxygen atoms in total. The first-order valence-electron chi connectivity index (χ1n) is 12.6. The van der Waals surface area contributed by atoms with E-state index in [1.807, 2.05) is 42.5 Å². The van der Waals surface area contributed by atoms with Crippen LogP contribution >= 0.6 is 0 Å². The van der Waals surface area contributed by atoms with Crippen molar-refractivity contribution in [2.24, 2.45) is 5.92 Å². The molecule has 3 aromatic rings. The molecule has 1 aliphatic rings. The second-order valence-corrected chi connectivity index (χ2v) is 14.7. The van der Waals surface area contributed by atoms with Gasteiger partial charge in [-0.15, -0.1) is 0 Å². The number of carbonyl (C=O) groups is 2. The number of ether oxygens (including phenoxy) is 2. The summed E-state index contributed by atoms with van der Waals surface area (Å²) in [6.07, 6.45) is -0.399. The molecule has 4 rings (SSSR count). The molecule has 6 heteroatoms. The number of hydrogen-bond donors (Lipinski definition) is 0. The van der Waals surface area contributed by atoms with Crippen molar-refractivity contribution in [2.45, 2.75) is 44.4 Å². The van der Waals surface area contributed by atoms with Gasteiger partial charge in [0.15, 0.2) is 0 Å². The van der Waals surface area contributed by atoms with E-state index in [9.17, 15) is 9.59 Å². The fourth-order valence-electron chi connectivity index (χ4n) is 5.30. The Hall–Kier alpha value is -3.48. The van der Waals surface area contributed by atoms with E-state index in [0.29, 0.717) is 24.0 Å². The standard InChI is InChI=1S/C31H34O5Si/c1-23-27(21-34-30(33)24-14-8-5-9-15-24)29(20-28(23)35-22-32)36-37(31(2,3)4,25-16-10-6-11-17-25)26-18-12-7-13-19-26/h5-19,22,27-29H,1,20-21H2,2-4H3/t27-,28+,29-/m0/s1. The van der Waals surface area contributed by atoms with E-state index in [0.717, 1.165) is 10.4 Å². The highest BCUT2D eigenvalue weighted by Crippen LogP contribution is 2.43. The molecule has 0 unspecified atom stereocenters. The second-order valence-electron chi connectivity index (χ2n) is 10.4. The summed E-state index contributed by atoms with van der Waals surface area (Å²) < 4.78 is 18.5. The fourth-order valence-corrected chi connectivity index (χ4v) is 10.0. The first kappa shape index (κ1) is 26.6. The highest BCUT2D eigenvalue weighted by Gasteiger charge is 2.54. The van der Waals surface area contributed by atoms with Crippen molar-refractivity contribution in [1.82, 2.24) is 0 Å². The molecule has 192 valence electrons. The van der Waals surface area contributed by atoms with E-state index in [-0.39, 0.29) is 23.7 Å². The predicted octanol–water partition coefficient (Wildman–Crippen LogP) is 4.91. The summed E-state index contributed by atoms with van der Waals surface area (Å²) in [5.74, 6) is -0.725. The lowest BCUT2D eigenvalue weighted by molar-refractivity contribution is -0.132. The van der Waals surface area contributed by atoms with Crippen LogP contribution in [0.25, 0.3) is 0 Å². The number of carbonyl (C=O) groups excluding carboxylic acids is 2. The van der Waals surface area contributed by atoms with Gasteiger partial charge >= 0.3 is 5.97 Å². The first-order valence-corrected chi connectivity index (χ1v) is 14.5. The molecule has 0 heterocycles. The van der Waals surface area contributed by atoms with Gasteiger partial charge in [-0.3, -0.25) is 4.79 Å². The van der Waals surface area contributed by atoms with Crippen molar-refractivity contribution in [3.05, 3.63) is 109 Å². The Balaban J connectivity index is 1.72. The van der Waals surface area contributed by atoms with Gasteiger partial charge < -0.3 is 13.9 Å². The van der Waals surface area contributed by atoms with Crippen molar-refractivity contribution >= 4 is 31.1 Å². The molecule has 0 saturated heterocycles. The summed E-state index contributed by atoms with van der Waals surface area (Å²) in [5.41, 5.74) is 1.19. The van der Waals surface area contributed by atoms with Crippen molar-refractivity contribution in [2.75, 3.05) is 6.61 Å². The zero-order valence-corrected chi connectivity index (χ0v) is 22.6. The van der Waals surface area contributed by atoms with Crippen LogP contribution in [-0.4, -0.2) is 39.6 Å². The Morgan fingerprint density at radius 1 is 0.919 bits per heavy atom. The molecule has 1 saturated carbocycles. The monoisotopic (exact) mass is 514 g/mol. The van der Waals surface area contributed by atoms with E-state index < -0.39 is 20.4 Å². The van der Waals surface area contributed by atoms with Crippen LogP contribution in [0.2, 0.25) is 5.04 Å². The molecule has 3 atom stereocenters. The van der Waals surface area contributed by atoms with E-state index >= 15 is 0 Å². The largest absolute Gasteiger partial charge is 0.461 e. The van der Waals surface area contributed by atoms with Crippen molar-refractivity contribution in [3.63, 3.8) is 0 Å². The molecule has 37 heavy (non-hydrogen) atoms. The lowest BCUT2D eigenvalue weighted by Crippen LogP contribution is -2.68. The van der Waals surface area contributed by atoms with Gasteiger partial charge in [-0.25, -0.2) is 4.79 Å². The molecule has 1 aliphatic carbocycles. The highest BCUT2D eigenvalue weighted by atomic mass is 28.4. The Morgan fingerprint density at radius 3 is 1.92 bits per heavy atom. The van der Waals surface area contributed by atoms with E-state index in [4.69, 9.17) is 13.9 Å². The van der Waals surface area contributed by atoms with Crippen molar-refractivity contribution in [3.8, 4) is 0 Å². The van der Waals surface area contributed by atoms with E-state index in [1.54, 1.807) is 24.3 Å². The van der Waals surface area contributed by atoms with Crippen LogP contribution in [0.5, 0.6) is 0 Å². The van der Waals surface area contributed by atoms with Gasteiger partial charge in [0.2, 0.25) is 0 Å². The maximum Gasteiger partial charge on any atom is 0.338 e. The molecule has 3 aromatic carbocycles. The molecular formula is C31H34O5Si. The quantitative estimate of drug-likeness (QED) is 0.176. The zero-order valence-electron chi connectivity index (χ0n) is 21.6. The zero-order chi connectivity index (χ0) is 26.5. The fraction of sp³-hybridized carbons (Fsp3) is 0.290. The van der Waals surface area contributed by atoms with Crippen molar-refractivity contribution in [1.29, 1.82) is 0 Å². The van der Waals surface area contributed by atoms with Crippen LogP contribution in [0, 0.1) is 5.92 Å². The van der Waals surface area contributed by atoms with Gasteiger partial charge in [0, 0.05) is 12.3 Å². The Morgan fingerprint density at radius 2 is 1.43 bits per heavy atom. The summed E-state index contributed by atoms with van der Waals surface area (Å²) in [6, 6.07) is 29.6. The van der Waals surface area contributed by atoms with Crippen LogP contribution in [-0.2, 0) is 18.7 Å². The summed E-state index contributed by atoms with van der Waals surface area (Å²) >= 11 is 0. The van der Waals surface area contributed by atoms with E-state index in [1.165, 1.54) is 0 Å². The molecule has 0 bridgehead atoms. The van der Waals surface area contributed by atoms with Crippen LogP contribution < -0.4 is 10.4 Å². The molecule has 0 radical (unpaired) electrons. The minimum absolute atomic E-state index is 0.0914. The lowest BCUT2D eigenvalue weighted by Gasteiger charge is -2.45. The average molecular weight is 515 g/mol. The van der Waals surface area contributed by atoms with E-state index in [2.05, 4.69) is 51.6 Å². The van der Waals surface area contributed by atoms with Crippen LogP contribution in [0.4, 0.5) is 0 Å². The maximum absolute atomic E-state index is 12.7. The molecule has 1 fully saturated rings. The van der Waals surface area contributed by atoms with Gasteiger partial charge in [0.1, 0.15) is 12.7 Å². The average Bonchev–Trinajstić information content (AvgIpc) is 3.20. The van der Waals surface area contributed by atoms with Gasteiger partial charge in [0.05, 0.1) is 11.7 Å². The third kappa shape index (κ3) is 5.45. The summed E-state index contributed by atoms with van der Waals surface area (Å²) in [7, 11) is -2.88. The summed E-state index contributed by atoms with van der Waals surface area (Å²) in [6.45, 7) is 11.4. The molecule has 0 amide bonds. The van der Waals surface area contributed by atoms with Gasteiger partial charge in [-0.2, -0.15) is 0 Å². The normalized spacial score (nSPS) is 19.9. The first-order chi connectivity index (χ1) is 17.8. The summed E-state index contributed by atoms with van der Waals surface area (Å²) in [4.78, 5) is 24.0. The lowest BCUT2D eigenvalue weighted by atomic mass is 10.0. The Kier molecular flexibility index (Phi) is 8.10. The van der Waals surface area contributed by atoms with Crippen LogP contribution in [0.1, 0.15) is 37.6 Å². The molecule has 0 aromatic heterocycles. The van der Waals surface area contributed by atoms with Crippen LogP contribution in [0.3, 0.4) is 0 Å². The molecule has 0 spiro atoms. The predicted molar refractivity (Wildman–Crippen MR) is 147 cm³/mol. The molecule has 0 N–H and O–H groups in total. The van der Waals surface area contributed by atoms with Gasteiger partial charge in [-0.1, -0.05) is 106 Å². The smallest absolute Gasteiger partial charge is 0.338 e. The topological polar surface area (TPSA) is 61.8 Å². The Bertz CT molecular complexity index is 1170. The number of esters is 1. The minimum Gasteiger partial charge on any atom is -0.461 e. The molecular weight excluding hydrogens is 480 g/mol.